The molecule has 0 radical (unpaired) electrons. The molecule has 1 aromatic carbocycles. The molecule has 0 saturated carbocycles. The van der Waals surface area contributed by atoms with Crippen molar-refractivity contribution in [3.63, 3.8) is 0 Å². The van der Waals surface area contributed by atoms with Gasteiger partial charge < -0.3 is 9.84 Å². The minimum atomic E-state index is -1.18. The van der Waals surface area contributed by atoms with Crippen molar-refractivity contribution in [1.29, 1.82) is 0 Å². The summed E-state index contributed by atoms with van der Waals surface area (Å²) in [6, 6.07) is 3.85. The minimum absolute atomic E-state index is 0.101. The van der Waals surface area contributed by atoms with Crippen molar-refractivity contribution in [2.75, 3.05) is 6.61 Å². The van der Waals surface area contributed by atoms with Gasteiger partial charge in [0.25, 0.3) is 5.69 Å². The smallest absolute Gasteiger partial charge is 0.358 e. The van der Waals surface area contributed by atoms with Crippen LogP contribution in [0.2, 0.25) is 5.02 Å². The Morgan fingerprint density at radius 3 is 2.90 bits per heavy atom. The summed E-state index contributed by atoms with van der Waals surface area (Å²) in [5.41, 5.74) is -0.313. The van der Waals surface area contributed by atoms with E-state index in [1.165, 1.54) is 29.1 Å². The second kappa shape index (κ2) is 6.18. The molecule has 1 N–H and O–H groups in total. The van der Waals surface area contributed by atoms with Crippen molar-refractivity contribution >= 4 is 23.3 Å². The fourth-order valence-corrected chi connectivity index (χ4v) is 1.64. The number of nitrogens with zero attached hydrogens (tertiary/aromatic N) is 4. The first-order chi connectivity index (χ1) is 9.97. The zero-order valence-corrected chi connectivity index (χ0v) is 11.2. The van der Waals surface area contributed by atoms with E-state index in [4.69, 9.17) is 21.4 Å². The average Bonchev–Trinajstić information content (AvgIpc) is 2.89. The Balaban J connectivity index is 1.98. The highest BCUT2D eigenvalue weighted by atomic mass is 35.5. The fraction of sp³-hybridized carbons (Fsp3) is 0.182. The summed E-state index contributed by atoms with van der Waals surface area (Å²) in [4.78, 5) is 20.7. The van der Waals surface area contributed by atoms with Crippen LogP contribution >= 0.6 is 11.6 Å². The molecule has 21 heavy (non-hydrogen) atoms. The number of rotatable bonds is 6. The van der Waals surface area contributed by atoms with Crippen LogP contribution in [-0.4, -0.2) is 37.6 Å². The number of carbonyl (C=O) groups is 1. The lowest BCUT2D eigenvalue weighted by atomic mass is 10.3. The summed E-state index contributed by atoms with van der Waals surface area (Å²) in [5, 5.41) is 26.6. The van der Waals surface area contributed by atoms with Gasteiger partial charge in [-0.25, -0.2) is 9.48 Å². The molecular weight excluding hydrogens is 304 g/mol. The average molecular weight is 313 g/mol. The van der Waals surface area contributed by atoms with Gasteiger partial charge in [-0.2, -0.15) is 0 Å². The Morgan fingerprint density at radius 2 is 2.29 bits per heavy atom. The molecule has 9 nitrogen and oxygen atoms in total. The first kappa shape index (κ1) is 14.7. The predicted molar refractivity (Wildman–Crippen MR) is 70.6 cm³/mol. The highest BCUT2D eigenvalue weighted by Gasteiger charge is 2.11. The summed E-state index contributed by atoms with van der Waals surface area (Å²) < 4.78 is 6.62. The van der Waals surface area contributed by atoms with Crippen LogP contribution in [0.4, 0.5) is 5.69 Å². The maximum absolute atomic E-state index is 10.7. The van der Waals surface area contributed by atoms with Gasteiger partial charge in [-0.15, -0.1) is 5.10 Å². The second-order valence-corrected chi connectivity index (χ2v) is 4.30. The Kier molecular flexibility index (Phi) is 4.33. The molecule has 0 atom stereocenters. The van der Waals surface area contributed by atoms with E-state index in [2.05, 4.69) is 10.3 Å². The third-order valence-corrected chi connectivity index (χ3v) is 2.77. The lowest BCUT2D eigenvalue weighted by Gasteiger charge is -2.07. The standard InChI is InChI=1S/C11H9ClN4O5/c12-8-2-1-7(16(19)20)5-10(8)21-4-3-15-6-9(11(17)18)13-14-15/h1-2,5-6H,3-4H2,(H,17,18). The highest BCUT2D eigenvalue weighted by Crippen LogP contribution is 2.28. The molecule has 0 bridgehead atoms. The summed E-state index contributed by atoms with van der Waals surface area (Å²) >= 11 is 5.87. The van der Waals surface area contributed by atoms with E-state index < -0.39 is 10.9 Å². The number of carboxylic acids is 1. The minimum Gasteiger partial charge on any atom is -0.490 e. The molecule has 2 aromatic rings. The monoisotopic (exact) mass is 312 g/mol. The SMILES string of the molecule is O=C(O)c1cn(CCOc2cc([N+](=O)[O-])ccc2Cl)nn1. The normalized spacial score (nSPS) is 10.3. The Labute approximate surface area is 122 Å². The van der Waals surface area contributed by atoms with E-state index in [0.29, 0.717) is 0 Å². The van der Waals surface area contributed by atoms with Gasteiger partial charge in [-0.3, -0.25) is 10.1 Å². The summed E-state index contributed by atoms with van der Waals surface area (Å²) in [5.74, 6) is -1.01. The molecule has 0 aliphatic heterocycles. The van der Waals surface area contributed by atoms with Crippen LogP contribution in [0.5, 0.6) is 5.75 Å². The highest BCUT2D eigenvalue weighted by molar-refractivity contribution is 6.32. The molecule has 1 heterocycles. The van der Waals surface area contributed by atoms with Crippen LogP contribution in [0.1, 0.15) is 10.5 Å². The van der Waals surface area contributed by atoms with E-state index in [1.807, 2.05) is 0 Å². The summed E-state index contributed by atoms with van der Waals surface area (Å²) in [7, 11) is 0. The van der Waals surface area contributed by atoms with Gasteiger partial charge in [0.1, 0.15) is 12.4 Å². The quantitative estimate of drug-likeness (QED) is 0.635. The van der Waals surface area contributed by atoms with Gasteiger partial charge in [0.05, 0.1) is 28.8 Å². The number of nitro groups is 1. The third-order valence-electron chi connectivity index (χ3n) is 2.46. The molecule has 10 heteroatoms. The molecule has 110 valence electrons. The molecule has 1 aromatic heterocycles. The van der Waals surface area contributed by atoms with Crippen LogP contribution in [0, 0.1) is 10.1 Å². The van der Waals surface area contributed by atoms with Crippen LogP contribution < -0.4 is 4.74 Å². The summed E-state index contributed by atoms with van der Waals surface area (Å²) in [6.45, 7) is 0.322. The van der Waals surface area contributed by atoms with Gasteiger partial charge in [0, 0.05) is 6.07 Å². The maximum atomic E-state index is 10.7. The lowest BCUT2D eigenvalue weighted by Crippen LogP contribution is -2.09. The zero-order chi connectivity index (χ0) is 15.4. The number of benzene rings is 1. The zero-order valence-electron chi connectivity index (χ0n) is 10.5. The molecular formula is C11H9ClN4O5. The van der Waals surface area contributed by atoms with Crippen molar-refractivity contribution in [3.8, 4) is 5.75 Å². The van der Waals surface area contributed by atoms with Crippen LogP contribution in [0.3, 0.4) is 0 Å². The molecule has 0 aliphatic carbocycles. The predicted octanol–water partition coefficient (Wildman–Crippen LogP) is 1.62. The number of hydrogen-bond donors (Lipinski definition) is 1. The molecule has 0 fully saturated rings. The fourth-order valence-electron chi connectivity index (χ4n) is 1.47. The second-order valence-electron chi connectivity index (χ2n) is 3.89. The van der Waals surface area contributed by atoms with E-state index in [0.717, 1.165) is 0 Å². The molecule has 0 amide bonds. The van der Waals surface area contributed by atoms with Crippen molar-refractivity contribution in [1.82, 2.24) is 15.0 Å². The van der Waals surface area contributed by atoms with Crippen LogP contribution in [0.15, 0.2) is 24.4 Å². The largest absolute Gasteiger partial charge is 0.490 e. The number of nitro benzene ring substituents is 1. The van der Waals surface area contributed by atoms with Gasteiger partial charge in [0.15, 0.2) is 5.69 Å². The topological polar surface area (TPSA) is 120 Å². The maximum Gasteiger partial charge on any atom is 0.358 e. The number of carboxylic acid groups (broad SMARTS) is 1. The first-order valence-corrected chi connectivity index (χ1v) is 6.05. The van der Waals surface area contributed by atoms with E-state index in [1.54, 1.807) is 0 Å². The molecule has 2 rings (SSSR count). The number of ether oxygens (including phenoxy) is 1. The Morgan fingerprint density at radius 1 is 1.52 bits per heavy atom. The van der Waals surface area contributed by atoms with Crippen molar-refractivity contribution in [3.05, 3.63) is 45.2 Å². The van der Waals surface area contributed by atoms with Crippen molar-refractivity contribution < 1.29 is 19.6 Å². The molecule has 0 aliphatic rings. The Hall–Kier alpha value is -2.68. The van der Waals surface area contributed by atoms with Crippen molar-refractivity contribution in [2.45, 2.75) is 6.54 Å². The van der Waals surface area contributed by atoms with Crippen LogP contribution in [-0.2, 0) is 6.54 Å². The lowest BCUT2D eigenvalue weighted by molar-refractivity contribution is -0.384. The van der Waals surface area contributed by atoms with Gasteiger partial charge in [-0.1, -0.05) is 16.8 Å². The van der Waals surface area contributed by atoms with Gasteiger partial charge >= 0.3 is 5.97 Å². The van der Waals surface area contributed by atoms with Crippen molar-refractivity contribution in [2.24, 2.45) is 0 Å². The van der Waals surface area contributed by atoms with E-state index in [9.17, 15) is 14.9 Å². The number of aromatic carboxylic acids is 1. The molecule has 0 spiro atoms. The first-order valence-electron chi connectivity index (χ1n) is 5.67. The van der Waals surface area contributed by atoms with Gasteiger partial charge in [-0.05, 0) is 6.07 Å². The van der Waals surface area contributed by atoms with E-state index in [-0.39, 0.29) is 35.3 Å². The molecule has 0 saturated heterocycles. The number of non-ortho nitro benzene ring substituents is 1. The van der Waals surface area contributed by atoms with E-state index >= 15 is 0 Å². The Bertz CT molecular complexity index is 687. The summed E-state index contributed by atoms with van der Waals surface area (Å²) in [6.07, 6.45) is 1.25. The van der Waals surface area contributed by atoms with Gasteiger partial charge in [0.2, 0.25) is 0 Å². The third kappa shape index (κ3) is 3.66. The van der Waals surface area contributed by atoms with Crippen LogP contribution in [0.25, 0.3) is 0 Å². The molecule has 0 unspecified atom stereocenters. The number of aromatic nitrogens is 3. The number of halogens is 1. The number of hydrogen-bond acceptors (Lipinski definition) is 6.